The number of nitrogens with zero attached hydrogens (tertiary/aromatic N) is 2. The second-order valence-electron chi connectivity index (χ2n) is 6.98. The van der Waals surface area contributed by atoms with Gasteiger partial charge in [-0.3, -0.25) is 9.78 Å². The zero-order valence-corrected chi connectivity index (χ0v) is 17.1. The zero-order chi connectivity index (χ0) is 21.2. The third-order valence-electron chi connectivity index (χ3n) is 4.79. The van der Waals surface area contributed by atoms with Crippen LogP contribution in [-0.2, 0) is 16.1 Å². The van der Waals surface area contributed by atoms with Crippen molar-refractivity contribution in [3.8, 4) is 5.75 Å². The zero-order valence-electron chi connectivity index (χ0n) is 17.1. The highest BCUT2D eigenvalue weighted by molar-refractivity contribution is 5.91. The first-order valence-electron chi connectivity index (χ1n) is 10.2. The molecule has 158 valence electrons. The average Bonchev–Trinajstić information content (AvgIpc) is 2.78. The summed E-state index contributed by atoms with van der Waals surface area (Å²) in [6.45, 7) is 3.76. The van der Waals surface area contributed by atoms with Gasteiger partial charge in [-0.1, -0.05) is 18.2 Å². The number of amides is 2. The van der Waals surface area contributed by atoms with Gasteiger partial charge in [-0.25, -0.2) is 4.79 Å². The Hall–Kier alpha value is -3.35. The van der Waals surface area contributed by atoms with Gasteiger partial charge in [0.25, 0.3) is 0 Å². The van der Waals surface area contributed by atoms with Crippen molar-refractivity contribution >= 4 is 18.1 Å². The second kappa shape index (κ2) is 11.0. The van der Waals surface area contributed by atoms with E-state index in [9.17, 15) is 9.59 Å². The Balaban J connectivity index is 1.41. The lowest BCUT2D eigenvalue weighted by Gasteiger charge is -2.31. The van der Waals surface area contributed by atoms with E-state index < -0.39 is 0 Å². The van der Waals surface area contributed by atoms with E-state index in [4.69, 9.17) is 9.47 Å². The van der Waals surface area contributed by atoms with Gasteiger partial charge in [0.15, 0.2) is 0 Å². The van der Waals surface area contributed by atoms with Crippen LogP contribution < -0.4 is 10.1 Å². The first kappa shape index (κ1) is 21.4. The summed E-state index contributed by atoms with van der Waals surface area (Å²) < 4.78 is 10.7. The van der Waals surface area contributed by atoms with E-state index >= 15 is 0 Å². The minimum atomic E-state index is -0.283. The highest BCUT2D eigenvalue weighted by Crippen LogP contribution is 2.15. The van der Waals surface area contributed by atoms with Crippen LogP contribution in [0.4, 0.5) is 4.79 Å². The Morgan fingerprint density at radius 1 is 1.17 bits per heavy atom. The largest absolute Gasteiger partial charge is 0.487 e. The maximum Gasteiger partial charge on any atom is 0.409 e. The van der Waals surface area contributed by atoms with E-state index in [1.54, 1.807) is 24.1 Å². The highest BCUT2D eigenvalue weighted by Gasteiger charge is 2.23. The monoisotopic (exact) mass is 409 g/mol. The molecule has 2 amide bonds. The number of benzene rings is 1. The molecule has 3 rings (SSSR count). The number of piperidine rings is 1. The van der Waals surface area contributed by atoms with E-state index in [1.165, 1.54) is 6.08 Å². The summed E-state index contributed by atoms with van der Waals surface area (Å²) in [4.78, 5) is 29.8. The molecule has 0 radical (unpaired) electrons. The normalized spacial score (nSPS) is 14.5. The SMILES string of the molecule is CCOC(=O)N1CCC(NC(=O)/C=C/c2ccc(OCc3ccccn3)cc2)CC1. The lowest BCUT2D eigenvalue weighted by atomic mass is 10.1. The number of pyridine rings is 1. The molecule has 1 fully saturated rings. The van der Waals surface area contributed by atoms with Gasteiger partial charge < -0.3 is 19.7 Å². The summed E-state index contributed by atoms with van der Waals surface area (Å²) in [5.74, 6) is 0.607. The predicted molar refractivity (Wildman–Crippen MR) is 114 cm³/mol. The molecule has 1 aromatic heterocycles. The number of nitrogens with one attached hydrogen (secondary N) is 1. The van der Waals surface area contributed by atoms with Crippen molar-refractivity contribution in [3.05, 3.63) is 66.0 Å². The molecule has 1 aliphatic heterocycles. The van der Waals surface area contributed by atoms with Gasteiger partial charge in [0, 0.05) is 31.4 Å². The molecular weight excluding hydrogens is 382 g/mol. The van der Waals surface area contributed by atoms with E-state index in [0.717, 1.165) is 29.8 Å². The van der Waals surface area contributed by atoms with Gasteiger partial charge in [0.2, 0.25) is 5.91 Å². The molecule has 7 nitrogen and oxygen atoms in total. The average molecular weight is 409 g/mol. The second-order valence-corrected chi connectivity index (χ2v) is 6.98. The number of carbonyl (C=O) groups excluding carboxylic acids is 2. The molecule has 1 N–H and O–H groups in total. The highest BCUT2D eigenvalue weighted by atomic mass is 16.6. The van der Waals surface area contributed by atoms with Crippen LogP contribution in [0.25, 0.3) is 6.08 Å². The quantitative estimate of drug-likeness (QED) is 0.709. The summed E-state index contributed by atoms with van der Waals surface area (Å²) in [6, 6.07) is 13.3. The molecule has 30 heavy (non-hydrogen) atoms. The fourth-order valence-corrected chi connectivity index (χ4v) is 3.16. The summed E-state index contributed by atoms with van der Waals surface area (Å²) in [5.41, 5.74) is 1.78. The van der Waals surface area contributed by atoms with Crippen molar-refractivity contribution < 1.29 is 19.1 Å². The Morgan fingerprint density at radius 3 is 2.60 bits per heavy atom. The molecule has 2 heterocycles. The van der Waals surface area contributed by atoms with Crippen LogP contribution in [0.15, 0.2) is 54.7 Å². The molecule has 1 aromatic carbocycles. The number of carbonyl (C=O) groups is 2. The van der Waals surface area contributed by atoms with Crippen molar-refractivity contribution in [1.29, 1.82) is 0 Å². The molecular formula is C23H27N3O4. The van der Waals surface area contributed by atoms with Crippen LogP contribution in [0, 0.1) is 0 Å². The Labute approximate surface area is 176 Å². The summed E-state index contributed by atoms with van der Waals surface area (Å²) in [6.07, 6.45) is 6.20. The molecule has 1 aliphatic rings. The first-order chi connectivity index (χ1) is 14.6. The van der Waals surface area contributed by atoms with Gasteiger partial charge in [-0.2, -0.15) is 0 Å². The van der Waals surface area contributed by atoms with Crippen molar-refractivity contribution in [3.63, 3.8) is 0 Å². The van der Waals surface area contributed by atoms with Crippen molar-refractivity contribution in [1.82, 2.24) is 15.2 Å². The number of rotatable bonds is 7. The Morgan fingerprint density at radius 2 is 1.93 bits per heavy atom. The summed E-state index contributed by atoms with van der Waals surface area (Å²) in [7, 11) is 0. The summed E-state index contributed by atoms with van der Waals surface area (Å²) >= 11 is 0. The molecule has 0 spiro atoms. The topological polar surface area (TPSA) is 80.8 Å². The maximum atomic E-state index is 12.2. The number of aromatic nitrogens is 1. The van der Waals surface area contributed by atoms with Gasteiger partial charge in [0.1, 0.15) is 12.4 Å². The predicted octanol–water partition coefficient (Wildman–Crippen LogP) is 3.41. The number of hydrogen-bond acceptors (Lipinski definition) is 5. The molecule has 2 aromatic rings. The first-order valence-corrected chi connectivity index (χ1v) is 10.2. The number of hydrogen-bond donors (Lipinski definition) is 1. The molecule has 0 saturated carbocycles. The molecule has 0 bridgehead atoms. The van der Waals surface area contributed by atoms with Crippen molar-refractivity contribution in [2.75, 3.05) is 19.7 Å². The Bertz CT molecular complexity index is 845. The van der Waals surface area contributed by atoms with Crippen LogP contribution in [0.2, 0.25) is 0 Å². The van der Waals surface area contributed by atoms with Crippen LogP contribution in [0.3, 0.4) is 0 Å². The van der Waals surface area contributed by atoms with E-state index in [1.807, 2.05) is 42.5 Å². The van der Waals surface area contributed by atoms with Gasteiger partial charge in [-0.15, -0.1) is 0 Å². The molecule has 0 unspecified atom stereocenters. The van der Waals surface area contributed by atoms with Crippen LogP contribution in [0.1, 0.15) is 31.0 Å². The third-order valence-corrected chi connectivity index (χ3v) is 4.79. The van der Waals surface area contributed by atoms with Gasteiger partial charge >= 0.3 is 6.09 Å². The molecule has 0 atom stereocenters. The van der Waals surface area contributed by atoms with Crippen molar-refractivity contribution in [2.24, 2.45) is 0 Å². The molecule has 7 heteroatoms. The van der Waals surface area contributed by atoms with Gasteiger partial charge in [0.05, 0.1) is 12.3 Å². The molecule has 0 aliphatic carbocycles. The van der Waals surface area contributed by atoms with E-state index in [0.29, 0.717) is 26.3 Å². The maximum absolute atomic E-state index is 12.2. The minimum Gasteiger partial charge on any atom is -0.487 e. The lowest BCUT2D eigenvalue weighted by Crippen LogP contribution is -2.46. The third kappa shape index (κ3) is 6.62. The molecule has 1 saturated heterocycles. The van der Waals surface area contributed by atoms with Gasteiger partial charge in [-0.05, 0) is 55.7 Å². The van der Waals surface area contributed by atoms with Crippen LogP contribution in [0.5, 0.6) is 5.75 Å². The fraction of sp³-hybridized carbons (Fsp3) is 0.348. The van der Waals surface area contributed by atoms with Crippen LogP contribution in [-0.4, -0.2) is 47.6 Å². The standard InChI is InChI=1S/C23H27N3O4/c1-2-29-23(28)26-15-12-19(13-16-26)25-22(27)11-8-18-6-9-21(10-7-18)30-17-20-5-3-4-14-24-20/h3-11,14,19H,2,12-13,15-17H2,1H3,(H,25,27)/b11-8+. The van der Waals surface area contributed by atoms with Crippen molar-refractivity contribution in [2.45, 2.75) is 32.4 Å². The smallest absolute Gasteiger partial charge is 0.409 e. The lowest BCUT2D eigenvalue weighted by molar-refractivity contribution is -0.117. The Kier molecular flexibility index (Phi) is 7.83. The van der Waals surface area contributed by atoms with Crippen LogP contribution >= 0.6 is 0 Å². The fourth-order valence-electron chi connectivity index (χ4n) is 3.16. The summed E-state index contributed by atoms with van der Waals surface area (Å²) in [5, 5.41) is 2.99. The number of ether oxygens (including phenoxy) is 2. The minimum absolute atomic E-state index is 0.0650. The van der Waals surface area contributed by atoms with E-state index in [-0.39, 0.29) is 18.0 Å². The van der Waals surface area contributed by atoms with E-state index in [2.05, 4.69) is 10.3 Å². The number of likely N-dealkylation sites (tertiary alicyclic amines) is 1.